The van der Waals surface area contributed by atoms with Crippen LogP contribution in [0.2, 0.25) is 0 Å². The summed E-state index contributed by atoms with van der Waals surface area (Å²) in [7, 11) is 1.47. The minimum Gasteiger partial charge on any atom is -0.493 e. The van der Waals surface area contributed by atoms with E-state index in [4.69, 9.17) is 9.47 Å². The Kier molecular flexibility index (Phi) is 5.33. The first-order chi connectivity index (χ1) is 11.3. The molecule has 0 aliphatic rings. The number of rotatable bonds is 5. The topological polar surface area (TPSA) is 47.6 Å². The van der Waals surface area contributed by atoms with Crippen LogP contribution in [-0.4, -0.2) is 19.6 Å². The van der Waals surface area contributed by atoms with Crippen molar-refractivity contribution in [2.75, 3.05) is 19.0 Å². The summed E-state index contributed by atoms with van der Waals surface area (Å²) in [6.45, 7) is 1.01. The lowest BCUT2D eigenvalue weighted by Gasteiger charge is -2.13. The fourth-order valence-electron chi connectivity index (χ4n) is 2.08. The molecular weight excluding hydrogens is 323 g/mol. The number of methoxy groups -OCH3 is 1. The van der Waals surface area contributed by atoms with Crippen LogP contribution in [0.5, 0.6) is 11.5 Å². The zero-order chi connectivity index (χ0) is 17.7. The third kappa shape index (κ3) is 4.41. The van der Waals surface area contributed by atoms with Crippen molar-refractivity contribution in [3.63, 3.8) is 0 Å². The van der Waals surface area contributed by atoms with Crippen LogP contribution >= 0.6 is 0 Å². The molecule has 0 bridgehead atoms. The molecule has 0 saturated heterocycles. The highest BCUT2D eigenvalue weighted by Gasteiger charge is 2.32. The van der Waals surface area contributed by atoms with Gasteiger partial charge in [0.25, 0.3) is 5.91 Å². The number of aryl methyl sites for hydroxylation is 1. The zero-order valence-corrected chi connectivity index (χ0v) is 13.1. The van der Waals surface area contributed by atoms with E-state index in [1.165, 1.54) is 26.2 Å². The Morgan fingerprint density at radius 1 is 1.12 bits per heavy atom. The van der Waals surface area contributed by atoms with Crippen molar-refractivity contribution >= 4 is 11.6 Å². The summed E-state index contributed by atoms with van der Waals surface area (Å²) < 4.78 is 49.0. The maximum Gasteiger partial charge on any atom is 0.416 e. The maximum atomic E-state index is 12.9. The molecule has 0 aromatic heterocycles. The summed E-state index contributed by atoms with van der Waals surface area (Å²) in [5, 5.41) is 2.38. The monoisotopic (exact) mass is 339 g/mol. The lowest BCUT2D eigenvalue weighted by molar-refractivity contribution is -0.138. The van der Waals surface area contributed by atoms with Crippen molar-refractivity contribution in [3.8, 4) is 11.5 Å². The van der Waals surface area contributed by atoms with E-state index in [0.717, 1.165) is 6.07 Å². The predicted molar refractivity (Wildman–Crippen MR) is 83.3 cm³/mol. The van der Waals surface area contributed by atoms with Crippen LogP contribution in [0.3, 0.4) is 0 Å². The van der Waals surface area contributed by atoms with E-state index in [0.29, 0.717) is 11.5 Å². The standard InChI is InChI=1S/C17H16F3NO3/c1-11-7-8-12(9-13(11)17(18,19)20)21-16(22)10-24-15-6-4-3-5-14(15)23-2/h3-9H,10H2,1-2H3,(H,21,22). The Morgan fingerprint density at radius 2 is 1.79 bits per heavy atom. The maximum absolute atomic E-state index is 12.9. The zero-order valence-electron chi connectivity index (χ0n) is 13.1. The van der Waals surface area contributed by atoms with E-state index in [1.807, 2.05) is 0 Å². The van der Waals surface area contributed by atoms with E-state index >= 15 is 0 Å². The minimum absolute atomic E-state index is 0.0570. The third-order valence-electron chi connectivity index (χ3n) is 3.25. The second kappa shape index (κ2) is 7.25. The first kappa shape index (κ1) is 17.7. The summed E-state index contributed by atoms with van der Waals surface area (Å²) >= 11 is 0. The lowest BCUT2D eigenvalue weighted by Crippen LogP contribution is -2.20. The highest BCUT2D eigenvalue weighted by atomic mass is 19.4. The molecule has 0 heterocycles. The quantitative estimate of drug-likeness (QED) is 0.894. The SMILES string of the molecule is COc1ccccc1OCC(=O)Nc1ccc(C)c(C(F)(F)F)c1. The molecule has 2 rings (SSSR count). The fourth-order valence-corrected chi connectivity index (χ4v) is 2.08. The van der Waals surface area contributed by atoms with Gasteiger partial charge in [0.05, 0.1) is 12.7 Å². The summed E-state index contributed by atoms with van der Waals surface area (Å²) in [5.74, 6) is 0.257. The van der Waals surface area contributed by atoms with Crippen LogP contribution in [0, 0.1) is 6.92 Å². The van der Waals surface area contributed by atoms with Crippen LogP contribution in [0.4, 0.5) is 18.9 Å². The first-order valence-electron chi connectivity index (χ1n) is 7.05. The van der Waals surface area contributed by atoms with Crippen molar-refractivity contribution in [2.24, 2.45) is 0 Å². The van der Waals surface area contributed by atoms with Crippen LogP contribution in [0.15, 0.2) is 42.5 Å². The van der Waals surface area contributed by atoms with E-state index in [2.05, 4.69) is 5.32 Å². The number of para-hydroxylation sites is 2. The van der Waals surface area contributed by atoms with Gasteiger partial charge in [-0.2, -0.15) is 13.2 Å². The molecule has 0 atom stereocenters. The van der Waals surface area contributed by atoms with Crippen molar-refractivity contribution < 1.29 is 27.4 Å². The van der Waals surface area contributed by atoms with Crippen LogP contribution in [-0.2, 0) is 11.0 Å². The molecular formula is C17H16F3NO3. The molecule has 1 amide bonds. The molecule has 0 spiro atoms. The van der Waals surface area contributed by atoms with E-state index < -0.39 is 17.6 Å². The number of carbonyl (C=O) groups excluding carboxylic acids is 1. The average molecular weight is 339 g/mol. The molecule has 1 N–H and O–H groups in total. The number of ether oxygens (including phenoxy) is 2. The van der Waals surface area contributed by atoms with Crippen molar-refractivity contribution in [1.29, 1.82) is 0 Å². The smallest absolute Gasteiger partial charge is 0.416 e. The predicted octanol–water partition coefficient (Wildman–Crippen LogP) is 4.04. The Hall–Kier alpha value is -2.70. The molecule has 2 aromatic rings. The summed E-state index contributed by atoms with van der Waals surface area (Å²) in [6.07, 6.45) is -4.47. The fraction of sp³-hybridized carbons (Fsp3) is 0.235. The summed E-state index contributed by atoms with van der Waals surface area (Å²) in [5.41, 5.74) is -0.640. The minimum atomic E-state index is -4.47. The molecule has 0 unspecified atom stereocenters. The number of anilines is 1. The average Bonchev–Trinajstić information content (AvgIpc) is 2.54. The molecule has 0 aliphatic heterocycles. The van der Waals surface area contributed by atoms with Gasteiger partial charge in [-0.15, -0.1) is 0 Å². The summed E-state index contributed by atoms with van der Waals surface area (Å²) in [4.78, 5) is 11.9. The van der Waals surface area contributed by atoms with Crippen LogP contribution < -0.4 is 14.8 Å². The van der Waals surface area contributed by atoms with Gasteiger partial charge in [0, 0.05) is 5.69 Å². The van der Waals surface area contributed by atoms with Gasteiger partial charge >= 0.3 is 6.18 Å². The molecule has 2 aromatic carbocycles. The second-order valence-electron chi connectivity index (χ2n) is 5.02. The van der Waals surface area contributed by atoms with E-state index in [-0.39, 0.29) is 17.9 Å². The van der Waals surface area contributed by atoms with Gasteiger partial charge in [0.1, 0.15) is 0 Å². The summed E-state index contributed by atoms with van der Waals surface area (Å²) in [6, 6.07) is 10.4. The molecule has 7 heteroatoms. The highest BCUT2D eigenvalue weighted by Crippen LogP contribution is 2.33. The van der Waals surface area contributed by atoms with Crippen LogP contribution in [0.1, 0.15) is 11.1 Å². The van der Waals surface area contributed by atoms with Gasteiger partial charge in [-0.1, -0.05) is 18.2 Å². The Balaban J connectivity index is 2.03. The van der Waals surface area contributed by atoms with Crippen LogP contribution in [0.25, 0.3) is 0 Å². The van der Waals surface area contributed by atoms with Crippen molar-refractivity contribution in [2.45, 2.75) is 13.1 Å². The van der Waals surface area contributed by atoms with Crippen molar-refractivity contribution in [1.82, 2.24) is 0 Å². The molecule has 24 heavy (non-hydrogen) atoms. The molecule has 4 nitrogen and oxygen atoms in total. The van der Waals surface area contributed by atoms with Gasteiger partial charge < -0.3 is 14.8 Å². The Bertz CT molecular complexity index is 729. The third-order valence-corrected chi connectivity index (χ3v) is 3.25. The van der Waals surface area contributed by atoms with Gasteiger partial charge in [0.2, 0.25) is 0 Å². The number of amides is 1. The van der Waals surface area contributed by atoms with Gasteiger partial charge in [-0.3, -0.25) is 4.79 Å². The number of carbonyl (C=O) groups is 1. The molecule has 0 saturated carbocycles. The first-order valence-corrected chi connectivity index (χ1v) is 7.05. The highest BCUT2D eigenvalue weighted by molar-refractivity contribution is 5.92. The molecule has 128 valence electrons. The molecule has 0 fully saturated rings. The van der Waals surface area contributed by atoms with E-state index in [9.17, 15) is 18.0 Å². The number of hydrogen-bond acceptors (Lipinski definition) is 3. The normalized spacial score (nSPS) is 11.0. The van der Waals surface area contributed by atoms with E-state index in [1.54, 1.807) is 24.3 Å². The Morgan fingerprint density at radius 3 is 2.42 bits per heavy atom. The van der Waals surface area contributed by atoms with Crippen molar-refractivity contribution in [3.05, 3.63) is 53.6 Å². The number of nitrogens with one attached hydrogen (secondary N) is 1. The number of benzene rings is 2. The number of hydrogen-bond donors (Lipinski definition) is 1. The Labute approximate surface area is 137 Å². The number of alkyl halides is 3. The lowest BCUT2D eigenvalue weighted by atomic mass is 10.1. The largest absolute Gasteiger partial charge is 0.493 e. The molecule has 0 aliphatic carbocycles. The number of halogens is 3. The molecule has 0 radical (unpaired) electrons. The van der Waals surface area contributed by atoms with Gasteiger partial charge in [-0.05, 0) is 36.8 Å². The second-order valence-corrected chi connectivity index (χ2v) is 5.02. The van der Waals surface area contributed by atoms with Gasteiger partial charge in [-0.25, -0.2) is 0 Å². The van der Waals surface area contributed by atoms with Gasteiger partial charge in [0.15, 0.2) is 18.1 Å².